The Morgan fingerprint density at radius 3 is 2.31 bits per heavy atom. The van der Waals surface area contributed by atoms with Crippen molar-refractivity contribution in [1.29, 1.82) is 0 Å². The third-order valence-corrected chi connectivity index (χ3v) is 5.01. The van der Waals surface area contributed by atoms with Crippen molar-refractivity contribution in [3.8, 4) is 0 Å². The maximum absolute atomic E-state index is 12.7. The third kappa shape index (κ3) is 6.44. The van der Waals surface area contributed by atoms with Gasteiger partial charge in [-0.1, -0.05) is 58.0 Å². The number of nitrogens with one attached hydrogen (secondary N) is 2. The number of nitrogens with zero attached hydrogens (tertiary/aromatic N) is 2. The Hall–Kier alpha value is -2.63. The van der Waals surface area contributed by atoms with Crippen molar-refractivity contribution in [2.75, 3.05) is 0 Å². The van der Waals surface area contributed by atoms with Crippen LogP contribution in [0.3, 0.4) is 0 Å². The van der Waals surface area contributed by atoms with E-state index in [-0.39, 0.29) is 23.7 Å². The first-order chi connectivity index (χ1) is 13.7. The van der Waals surface area contributed by atoms with E-state index in [9.17, 15) is 9.59 Å². The summed E-state index contributed by atoms with van der Waals surface area (Å²) < 4.78 is 1.97. The first kappa shape index (κ1) is 22.7. The third-order valence-electron chi connectivity index (χ3n) is 5.01. The van der Waals surface area contributed by atoms with Gasteiger partial charge >= 0.3 is 0 Å². The Morgan fingerprint density at radius 2 is 1.72 bits per heavy atom. The van der Waals surface area contributed by atoms with Crippen LogP contribution in [0.1, 0.15) is 56.6 Å². The molecular formula is C23H34N4O2. The fourth-order valence-electron chi connectivity index (χ4n) is 3.32. The van der Waals surface area contributed by atoms with Gasteiger partial charge < -0.3 is 10.6 Å². The summed E-state index contributed by atoms with van der Waals surface area (Å²) in [7, 11) is 0. The van der Waals surface area contributed by atoms with Gasteiger partial charge in [0.2, 0.25) is 11.8 Å². The number of hydrogen-bond donors (Lipinski definition) is 2. The van der Waals surface area contributed by atoms with Crippen molar-refractivity contribution in [2.24, 2.45) is 11.8 Å². The van der Waals surface area contributed by atoms with Gasteiger partial charge in [0.1, 0.15) is 6.04 Å². The zero-order valence-corrected chi connectivity index (χ0v) is 18.5. The number of benzene rings is 1. The van der Waals surface area contributed by atoms with Gasteiger partial charge in [0.05, 0.1) is 12.2 Å². The normalized spacial score (nSPS) is 12.3. The molecule has 0 radical (unpaired) electrons. The molecule has 0 aliphatic carbocycles. The van der Waals surface area contributed by atoms with E-state index in [4.69, 9.17) is 0 Å². The standard InChI is InChI=1S/C23H34N4O2/c1-15(2)12-21(28)25-22(16(3)4)23(29)24-13-20-17(5)26-27(18(20)6)14-19-10-8-7-9-11-19/h7-11,15-16,22H,12-14H2,1-6H3,(H,24,29)(H,25,28). The SMILES string of the molecule is Cc1nn(Cc2ccccc2)c(C)c1CNC(=O)C(NC(=O)CC(C)C)C(C)C. The van der Waals surface area contributed by atoms with Crippen LogP contribution in [0.4, 0.5) is 0 Å². The van der Waals surface area contributed by atoms with Crippen LogP contribution in [0.5, 0.6) is 0 Å². The van der Waals surface area contributed by atoms with Crippen LogP contribution < -0.4 is 10.6 Å². The van der Waals surface area contributed by atoms with Crippen LogP contribution in [0.25, 0.3) is 0 Å². The Kier molecular flexibility index (Phi) is 8.00. The minimum absolute atomic E-state index is 0.00844. The average molecular weight is 399 g/mol. The molecular weight excluding hydrogens is 364 g/mol. The smallest absolute Gasteiger partial charge is 0.243 e. The zero-order valence-electron chi connectivity index (χ0n) is 18.5. The van der Waals surface area contributed by atoms with E-state index in [2.05, 4.69) is 27.9 Å². The molecule has 1 unspecified atom stereocenters. The Morgan fingerprint density at radius 1 is 1.07 bits per heavy atom. The maximum Gasteiger partial charge on any atom is 0.243 e. The molecule has 1 atom stereocenters. The lowest BCUT2D eigenvalue weighted by atomic mass is 10.0. The van der Waals surface area contributed by atoms with Gasteiger partial charge in [0.15, 0.2) is 0 Å². The van der Waals surface area contributed by atoms with E-state index in [1.54, 1.807) is 0 Å². The summed E-state index contributed by atoms with van der Waals surface area (Å²) in [6, 6.07) is 9.64. The minimum atomic E-state index is -0.541. The lowest BCUT2D eigenvalue weighted by Gasteiger charge is -2.22. The van der Waals surface area contributed by atoms with Gasteiger partial charge in [-0.05, 0) is 31.2 Å². The molecule has 29 heavy (non-hydrogen) atoms. The minimum Gasteiger partial charge on any atom is -0.350 e. The zero-order chi connectivity index (χ0) is 21.6. The molecule has 2 N–H and O–H groups in total. The van der Waals surface area contributed by atoms with Crippen LogP contribution in [-0.2, 0) is 22.7 Å². The van der Waals surface area contributed by atoms with Crippen molar-refractivity contribution in [2.45, 2.75) is 67.1 Å². The molecule has 0 saturated heterocycles. The van der Waals surface area contributed by atoms with Gasteiger partial charge in [-0.15, -0.1) is 0 Å². The van der Waals surface area contributed by atoms with Gasteiger partial charge in [0.25, 0.3) is 0 Å². The van der Waals surface area contributed by atoms with E-state index in [1.165, 1.54) is 5.56 Å². The Labute approximate surface area is 174 Å². The van der Waals surface area contributed by atoms with Gasteiger partial charge in [0, 0.05) is 24.2 Å². The maximum atomic E-state index is 12.7. The molecule has 2 amide bonds. The summed E-state index contributed by atoms with van der Waals surface area (Å²) in [5.41, 5.74) is 4.15. The molecule has 0 fully saturated rings. The quantitative estimate of drug-likeness (QED) is 0.680. The predicted molar refractivity (Wildman–Crippen MR) is 115 cm³/mol. The molecule has 0 spiro atoms. The summed E-state index contributed by atoms with van der Waals surface area (Å²) in [4.78, 5) is 24.9. The highest BCUT2D eigenvalue weighted by atomic mass is 16.2. The van der Waals surface area contributed by atoms with E-state index < -0.39 is 6.04 Å². The van der Waals surface area contributed by atoms with Gasteiger partial charge in [-0.25, -0.2) is 0 Å². The van der Waals surface area contributed by atoms with Crippen LogP contribution >= 0.6 is 0 Å². The monoisotopic (exact) mass is 398 g/mol. The fraction of sp³-hybridized carbons (Fsp3) is 0.522. The van der Waals surface area contributed by atoms with Crippen LogP contribution in [0.2, 0.25) is 0 Å². The van der Waals surface area contributed by atoms with E-state index in [0.717, 1.165) is 17.0 Å². The molecule has 0 aliphatic rings. The molecule has 6 nitrogen and oxygen atoms in total. The summed E-state index contributed by atoms with van der Waals surface area (Å²) >= 11 is 0. The van der Waals surface area contributed by atoms with E-state index >= 15 is 0 Å². The second kappa shape index (κ2) is 10.2. The Bertz CT molecular complexity index is 825. The molecule has 0 saturated carbocycles. The molecule has 2 rings (SSSR count). The largest absolute Gasteiger partial charge is 0.350 e. The van der Waals surface area contributed by atoms with Crippen molar-refractivity contribution >= 4 is 11.8 Å². The summed E-state index contributed by atoms with van der Waals surface area (Å²) in [5.74, 6) is 0.0179. The van der Waals surface area contributed by atoms with Crippen LogP contribution in [-0.4, -0.2) is 27.6 Å². The number of rotatable bonds is 9. The van der Waals surface area contributed by atoms with Crippen molar-refractivity contribution in [3.05, 3.63) is 52.8 Å². The molecule has 0 aliphatic heterocycles. The topological polar surface area (TPSA) is 76.0 Å². The number of aromatic nitrogens is 2. The Balaban J connectivity index is 2.03. The fourth-order valence-corrected chi connectivity index (χ4v) is 3.32. The molecule has 6 heteroatoms. The molecule has 1 heterocycles. The van der Waals surface area contributed by atoms with Gasteiger partial charge in [-0.3, -0.25) is 14.3 Å². The van der Waals surface area contributed by atoms with Crippen molar-refractivity contribution in [1.82, 2.24) is 20.4 Å². The molecule has 1 aromatic carbocycles. The van der Waals surface area contributed by atoms with Crippen LogP contribution in [0, 0.1) is 25.7 Å². The van der Waals surface area contributed by atoms with E-state index in [1.807, 2.05) is 64.4 Å². The van der Waals surface area contributed by atoms with Crippen LogP contribution in [0.15, 0.2) is 30.3 Å². The second-order valence-corrected chi connectivity index (χ2v) is 8.40. The predicted octanol–water partition coefficient (Wildman–Crippen LogP) is 3.35. The summed E-state index contributed by atoms with van der Waals surface area (Å²) in [5, 5.41) is 10.5. The highest BCUT2D eigenvalue weighted by Gasteiger charge is 2.25. The highest BCUT2D eigenvalue weighted by Crippen LogP contribution is 2.15. The highest BCUT2D eigenvalue weighted by molar-refractivity contribution is 5.87. The van der Waals surface area contributed by atoms with Crippen molar-refractivity contribution in [3.63, 3.8) is 0 Å². The number of amides is 2. The van der Waals surface area contributed by atoms with E-state index in [0.29, 0.717) is 19.5 Å². The summed E-state index contributed by atoms with van der Waals surface area (Å²) in [6.45, 7) is 12.9. The number of hydrogen-bond acceptors (Lipinski definition) is 3. The molecule has 158 valence electrons. The average Bonchev–Trinajstić information content (AvgIpc) is 2.91. The lowest BCUT2D eigenvalue weighted by Crippen LogP contribution is -2.49. The number of carbonyl (C=O) groups is 2. The first-order valence-corrected chi connectivity index (χ1v) is 10.3. The molecule has 1 aromatic heterocycles. The summed E-state index contributed by atoms with van der Waals surface area (Å²) in [6.07, 6.45) is 0.418. The second-order valence-electron chi connectivity index (χ2n) is 8.40. The number of carbonyl (C=O) groups excluding carboxylic acids is 2. The number of aryl methyl sites for hydroxylation is 1. The first-order valence-electron chi connectivity index (χ1n) is 10.3. The lowest BCUT2D eigenvalue weighted by molar-refractivity contribution is -0.130. The van der Waals surface area contributed by atoms with Gasteiger partial charge in [-0.2, -0.15) is 5.10 Å². The molecule has 2 aromatic rings. The van der Waals surface area contributed by atoms with Crippen molar-refractivity contribution < 1.29 is 9.59 Å². The molecule has 0 bridgehead atoms.